The predicted molar refractivity (Wildman–Crippen MR) is 83.8 cm³/mol. The maximum absolute atomic E-state index is 13.1. The van der Waals surface area contributed by atoms with Gasteiger partial charge < -0.3 is 15.8 Å². The van der Waals surface area contributed by atoms with Crippen LogP contribution in [0.15, 0.2) is 40.9 Å². The van der Waals surface area contributed by atoms with Gasteiger partial charge in [-0.25, -0.2) is 4.39 Å². The van der Waals surface area contributed by atoms with Crippen LogP contribution in [0.1, 0.15) is 5.56 Å². The molecule has 3 N–H and O–H groups in total. The van der Waals surface area contributed by atoms with Crippen molar-refractivity contribution in [2.75, 3.05) is 17.7 Å². The molecule has 2 aromatic rings. The fraction of sp³-hybridized carbons (Fsp3) is 0.133. The number of ether oxygens (including phenoxy) is 1. The molecule has 0 aliphatic rings. The summed E-state index contributed by atoms with van der Waals surface area (Å²) in [6, 6.07) is 9.27. The highest BCUT2D eigenvalue weighted by Gasteiger charge is 2.08. The van der Waals surface area contributed by atoms with Crippen molar-refractivity contribution in [1.82, 2.24) is 0 Å². The molecule has 1 amide bonds. The summed E-state index contributed by atoms with van der Waals surface area (Å²) < 4.78 is 19.5. The standard InChI is InChI=1S/C15H14BrFN2O2/c1-9-6-10(16)2-5-14(9)21-8-15(20)19-13-7-11(17)3-4-12(13)18/h2-7H,8,18H2,1H3,(H,19,20). The Morgan fingerprint density at radius 2 is 2.10 bits per heavy atom. The molecule has 0 atom stereocenters. The molecule has 0 fully saturated rings. The summed E-state index contributed by atoms with van der Waals surface area (Å²) in [6.45, 7) is 1.70. The van der Waals surface area contributed by atoms with Crippen LogP contribution < -0.4 is 15.8 Å². The number of hydrogen-bond acceptors (Lipinski definition) is 3. The minimum absolute atomic E-state index is 0.182. The summed E-state index contributed by atoms with van der Waals surface area (Å²) in [4.78, 5) is 11.8. The predicted octanol–water partition coefficient (Wildman–Crippen LogP) is 3.50. The van der Waals surface area contributed by atoms with Crippen LogP contribution in [0.2, 0.25) is 0 Å². The van der Waals surface area contributed by atoms with E-state index in [4.69, 9.17) is 10.5 Å². The molecule has 6 heteroatoms. The molecule has 0 unspecified atom stereocenters. The van der Waals surface area contributed by atoms with E-state index < -0.39 is 11.7 Å². The van der Waals surface area contributed by atoms with E-state index in [1.165, 1.54) is 12.1 Å². The molecule has 0 saturated carbocycles. The first-order valence-corrected chi connectivity index (χ1v) is 6.99. The Balaban J connectivity index is 1.97. The van der Waals surface area contributed by atoms with Crippen molar-refractivity contribution in [3.8, 4) is 5.75 Å². The third-order valence-corrected chi connectivity index (χ3v) is 3.28. The van der Waals surface area contributed by atoms with Crippen LogP contribution in [0.25, 0.3) is 0 Å². The zero-order chi connectivity index (χ0) is 15.4. The molecule has 110 valence electrons. The second-order valence-electron chi connectivity index (χ2n) is 4.48. The Morgan fingerprint density at radius 1 is 1.33 bits per heavy atom. The largest absolute Gasteiger partial charge is 0.483 e. The van der Waals surface area contributed by atoms with Crippen molar-refractivity contribution in [3.05, 3.63) is 52.3 Å². The van der Waals surface area contributed by atoms with Crippen molar-refractivity contribution in [3.63, 3.8) is 0 Å². The molecule has 0 aromatic heterocycles. The number of carbonyl (C=O) groups excluding carboxylic acids is 1. The number of halogens is 2. The number of hydrogen-bond donors (Lipinski definition) is 2. The van der Waals surface area contributed by atoms with Crippen molar-refractivity contribution < 1.29 is 13.9 Å². The van der Waals surface area contributed by atoms with Crippen LogP contribution in [-0.4, -0.2) is 12.5 Å². The van der Waals surface area contributed by atoms with Crippen LogP contribution in [0, 0.1) is 12.7 Å². The second-order valence-corrected chi connectivity index (χ2v) is 5.39. The molecule has 0 spiro atoms. The Bertz CT molecular complexity index is 677. The number of nitrogens with two attached hydrogens (primary N) is 1. The number of benzene rings is 2. The molecule has 0 saturated heterocycles. The topological polar surface area (TPSA) is 64.3 Å². The van der Waals surface area contributed by atoms with Gasteiger partial charge in [-0.2, -0.15) is 0 Å². The lowest BCUT2D eigenvalue weighted by Gasteiger charge is -2.11. The van der Waals surface area contributed by atoms with Gasteiger partial charge >= 0.3 is 0 Å². The van der Waals surface area contributed by atoms with Gasteiger partial charge in [-0.1, -0.05) is 15.9 Å². The lowest BCUT2D eigenvalue weighted by atomic mass is 10.2. The van der Waals surface area contributed by atoms with E-state index in [0.29, 0.717) is 11.4 Å². The van der Waals surface area contributed by atoms with Gasteiger partial charge in [0.15, 0.2) is 6.61 Å². The summed E-state index contributed by atoms with van der Waals surface area (Å²) in [7, 11) is 0. The summed E-state index contributed by atoms with van der Waals surface area (Å²) in [5, 5.41) is 2.51. The molecule has 0 heterocycles. The summed E-state index contributed by atoms with van der Waals surface area (Å²) >= 11 is 3.35. The van der Waals surface area contributed by atoms with Crippen molar-refractivity contribution in [2.24, 2.45) is 0 Å². The highest BCUT2D eigenvalue weighted by molar-refractivity contribution is 9.10. The van der Waals surface area contributed by atoms with E-state index in [9.17, 15) is 9.18 Å². The normalized spacial score (nSPS) is 10.2. The molecule has 2 aromatic carbocycles. The van der Waals surface area contributed by atoms with Crippen LogP contribution in [0.3, 0.4) is 0 Å². The molecule has 4 nitrogen and oxygen atoms in total. The van der Waals surface area contributed by atoms with E-state index in [2.05, 4.69) is 21.2 Å². The lowest BCUT2D eigenvalue weighted by Crippen LogP contribution is -2.21. The van der Waals surface area contributed by atoms with E-state index in [1.807, 2.05) is 19.1 Å². The van der Waals surface area contributed by atoms with Crippen molar-refractivity contribution >= 4 is 33.2 Å². The highest BCUT2D eigenvalue weighted by atomic mass is 79.9. The second kappa shape index (κ2) is 6.58. The quantitative estimate of drug-likeness (QED) is 0.827. The van der Waals surface area contributed by atoms with Crippen molar-refractivity contribution in [2.45, 2.75) is 6.92 Å². The summed E-state index contributed by atoms with van der Waals surface area (Å²) in [5.41, 5.74) is 7.09. The number of rotatable bonds is 4. The zero-order valence-electron chi connectivity index (χ0n) is 11.3. The fourth-order valence-corrected chi connectivity index (χ4v) is 2.22. The Labute approximate surface area is 130 Å². The number of amides is 1. The monoisotopic (exact) mass is 352 g/mol. The van der Waals surface area contributed by atoms with E-state index in [1.54, 1.807) is 6.07 Å². The number of carbonyl (C=O) groups is 1. The van der Waals surface area contributed by atoms with E-state index >= 15 is 0 Å². The van der Waals surface area contributed by atoms with Crippen LogP contribution >= 0.6 is 15.9 Å². The average molecular weight is 353 g/mol. The number of aryl methyl sites for hydroxylation is 1. The van der Waals surface area contributed by atoms with Crippen LogP contribution in [0.4, 0.5) is 15.8 Å². The summed E-state index contributed by atoms with van der Waals surface area (Å²) in [6.07, 6.45) is 0. The van der Waals surface area contributed by atoms with Crippen molar-refractivity contribution in [1.29, 1.82) is 0 Å². The van der Waals surface area contributed by atoms with Gasteiger partial charge in [-0.3, -0.25) is 4.79 Å². The van der Waals surface area contributed by atoms with Crippen LogP contribution in [-0.2, 0) is 4.79 Å². The van der Waals surface area contributed by atoms with Gasteiger partial charge in [0, 0.05) is 4.47 Å². The molecule has 0 radical (unpaired) electrons. The molecule has 0 bridgehead atoms. The fourth-order valence-electron chi connectivity index (χ4n) is 1.74. The van der Waals surface area contributed by atoms with Crippen LogP contribution in [0.5, 0.6) is 5.75 Å². The highest BCUT2D eigenvalue weighted by Crippen LogP contribution is 2.22. The Hall–Kier alpha value is -2.08. The number of nitrogens with one attached hydrogen (secondary N) is 1. The molecular formula is C15H14BrFN2O2. The molecule has 21 heavy (non-hydrogen) atoms. The Kier molecular flexibility index (Phi) is 4.80. The van der Waals surface area contributed by atoms with E-state index in [-0.39, 0.29) is 12.3 Å². The van der Waals surface area contributed by atoms with Gasteiger partial charge in [-0.05, 0) is 48.9 Å². The molecule has 0 aliphatic heterocycles. The number of nitrogen functional groups attached to an aromatic ring is 1. The lowest BCUT2D eigenvalue weighted by molar-refractivity contribution is -0.118. The van der Waals surface area contributed by atoms with Gasteiger partial charge in [0.2, 0.25) is 0 Å². The maximum atomic E-state index is 13.1. The third-order valence-electron chi connectivity index (χ3n) is 2.79. The van der Waals surface area contributed by atoms with Gasteiger partial charge in [0.05, 0.1) is 11.4 Å². The SMILES string of the molecule is Cc1cc(Br)ccc1OCC(=O)Nc1cc(F)ccc1N. The van der Waals surface area contributed by atoms with E-state index in [0.717, 1.165) is 16.1 Å². The smallest absolute Gasteiger partial charge is 0.262 e. The first-order chi connectivity index (χ1) is 9.95. The first kappa shape index (κ1) is 15.3. The minimum Gasteiger partial charge on any atom is -0.483 e. The Morgan fingerprint density at radius 3 is 2.81 bits per heavy atom. The third kappa shape index (κ3) is 4.19. The van der Waals surface area contributed by atoms with Gasteiger partial charge in [0.1, 0.15) is 11.6 Å². The maximum Gasteiger partial charge on any atom is 0.262 e. The minimum atomic E-state index is -0.468. The molecular weight excluding hydrogens is 339 g/mol. The summed E-state index contributed by atoms with van der Waals surface area (Å²) in [5.74, 6) is -0.264. The molecule has 0 aliphatic carbocycles. The number of anilines is 2. The first-order valence-electron chi connectivity index (χ1n) is 6.19. The zero-order valence-corrected chi connectivity index (χ0v) is 12.9. The van der Waals surface area contributed by atoms with Gasteiger partial charge in [-0.15, -0.1) is 0 Å². The van der Waals surface area contributed by atoms with Gasteiger partial charge in [0.25, 0.3) is 5.91 Å². The molecule has 2 rings (SSSR count). The average Bonchev–Trinajstić information content (AvgIpc) is 2.42.